The van der Waals surface area contributed by atoms with Crippen LogP contribution in [0.4, 0.5) is 11.5 Å². The number of anilines is 2. The summed E-state index contributed by atoms with van der Waals surface area (Å²) in [5.41, 5.74) is 2.15. The molecule has 0 aliphatic carbocycles. The molecule has 1 heterocycles. The molecule has 0 aliphatic heterocycles. The first kappa shape index (κ1) is 13.9. The molecular formula is C16H9BrClN3. The van der Waals surface area contributed by atoms with E-state index in [1.54, 1.807) is 6.07 Å². The van der Waals surface area contributed by atoms with Crippen LogP contribution in [-0.2, 0) is 0 Å². The molecule has 0 radical (unpaired) electrons. The highest BCUT2D eigenvalue weighted by Crippen LogP contribution is 2.28. The topological polar surface area (TPSA) is 48.7 Å². The van der Waals surface area contributed by atoms with Gasteiger partial charge < -0.3 is 5.32 Å². The van der Waals surface area contributed by atoms with Gasteiger partial charge in [0.2, 0.25) is 0 Å². The van der Waals surface area contributed by atoms with Crippen LogP contribution in [0.15, 0.2) is 53.0 Å². The van der Waals surface area contributed by atoms with Crippen molar-refractivity contribution < 1.29 is 0 Å². The number of nitrogens with zero attached hydrogens (tertiary/aromatic N) is 2. The zero-order chi connectivity index (χ0) is 14.8. The first-order valence-corrected chi connectivity index (χ1v) is 7.36. The Morgan fingerprint density at radius 3 is 2.71 bits per heavy atom. The van der Waals surface area contributed by atoms with E-state index in [-0.39, 0.29) is 0 Å². The van der Waals surface area contributed by atoms with Gasteiger partial charge in [-0.25, -0.2) is 4.98 Å². The van der Waals surface area contributed by atoms with Crippen LogP contribution in [0.3, 0.4) is 0 Å². The van der Waals surface area contributed by atoms with Crippen molar-refractivity contribution in [2.45, 2.75) is 0 Å². The van der Waals surface area contributed by atoms with Gasteiger partial charge in [0.1, 0.15) is 11.9 Å². The van der Waals surface area contributed by atoms with Gasteiger partial charge in [0.05, 0.1) is 16.1 Å². The predicted molar refractivity (Wildman–Crippen MR) is 88.9 cm³/mol. The van der Waals surface area contributed by atoms with Crippen molar-refractivity contribution in [1.29, 1.82) is 5.26 Å². The monoisotopic (exact) mass is 357 g/mol. The first-order chi connectivity index (χ1) is 10.2. The average molecular weight is 359 g/mol. The molecule has 0 bridgehead atoms. The molecule has 0 amide bonds. The molecule has 0 saturated carbocycles. The van der Waals surface area contributed by atoms with Gasteiger partial charge in [0, 0.05) is 15.5 Å². The summed E-state index contributed by atoms with van der Waals surface area (Å²) in [7, 11) is 0. The van der Waals surface area contributed by atoms with Gasteiger partial charge in [-0.15, -0.1) is 0 Å². The lowest BCUT2D eigenvalue weighted by molar-refractivity contribution is 1.34. The van der Waals surface area contributed by atoms with E-state index in [1.165, 1.54) is 0 Å². The average Bonchev–Trinajstić information content (AvgIpc) is 2.50. The molecule has 3 rings (SSSR count). The molecular weight excluding hydrogens is 350 g/mol. The summed E-state index contributed by atoms with van der Waals surface area (Å²) >= 11 is 9.36. The molecule has 0 spiro atoms. The smallest absolute Gasteiger partial charge is 0.149 e. The molecule has 2 aromatic carbocycles. The number of halogens is 2. The van der Waals surface area contributed by atoms with Crippen molar-refractivity contribution in [3.8, 4) is 6.07 Å². The fourth-order valence-corrected chi connectivity index (χ4v) is 2.50. The number of nitrogens with one attached hydrogen (secondary N) is 1. The van der Waals surface area contributed by atoms with E-state index in [0.717, 1.165) is 21.1 Å². The van der Waals surface area contributed by atoms with Crippen molar-refractivity contribution in [2.24, 2.45) is 0 Å². The van der Waals surface area contributed by atoms with Crippen LogP contribution >= 0.6 is 27.5 Å². The molecule has 3 aromatic rings. The highest BCUT2D eigenvalue weighted by molar-refractivity contribution is 9.10. The van der Waals surface area contributed by atoms with Gasteiger partial charge in [0.25, 0.3) is 0 Å². The van der Waals surface area contributed by atoms with E-state index < -0.39 is 0 Å². The number of nitriles is 1. The molecule has 3 nitrogen and oxygen atoms in total. The van der Waals surface area contributed by atoms with E-state index >= 15 is 0 Å². The molecule has 0 unspecified atom stereocenters. The summed E-state index contributed by atoms with van der Waals surface area (Å²) in [6.07, 6.45) is 0. The van der Waals surface area contributed by atoms with Crippen LogP contribution < -0.4 is 5.32 Å². The summed E-state index contributed by atoms with van der Waals surface area (Å²) in [5.74, 6) is 0.533. The second-order valence-corrected chi connectivity index (χ2v) is 5.70. The lowest BCUT2D eigenvalue weighted by atomic mass is 10.1. The summed E-state index contributed by atoms with van der Waals surface area (Å²) in [6.45, 7) is 0. The zero-order valence-electron chi connectivity index (χ0n) is 10.8. The molecule has 0 atom stereocenters. The largest absolute Gasteiger partial charge is 0.339 e. The number of para-hydroxylation sites is 1. The molecule has 1 N–H and O–H groups in total. The summed E-state index contributed by atoms with van der Waals surface area (Å²) in [4.78, 5) is 4.51. The van der Waals surface area contributed by atoms with E-state index in [9.17, 15) is 5.26 Å². The number of rotatable bonds is 2. The Morgan fingerprint density at radius 2 is 1.95 bits per heavy atom. The maximum absolute atomic E-state index is 9.29. The van der Waals surface area contributed by atoms with Crippen LogP contribution in [-0.4, -0.2) is 4.98 Å². The van der Waals surface area contributed by atoms with Crippen LogP contribution in [0.1, 0.15) is 5.56 Å². The molecule has 1 aromatic heterocycles. The Hall–Kier alpha value is -2.09. The fraction of sp³-hybridized carbons (Fsp3) is 0. The van der Waals surface area contributed by atoms with Crippen molar-refractivity contribution in [1.82, 2.24) is 4.98 Å². The Labute approximate surface area is 135 Å². The van der Waals surface area contributed by atoms with Gasteiger partial charge >= 0.3 is 0 Å². The van der Waals surface area contributed by atoms with Gasteiger partial charge in [-0.1, -0.05) is 29.8 Å². The third-order valence-electron chi connectivity index (χ3n) is 3.03. The SMILES string of the molecule is N#Cc1cc2ccccc2nc1Nc1ccc(Cl)c(Br)c1. The normalized spacial score (nSPS) is 10.3. The van der Waals surface area contributed by atoms with Gasteiger partial charge in [0.15, 0.2) is 0 Å². The quantitative estimate of drug-likeness (QED) is 0.679. The molecule has 102 valence electrons. The maximum atomic E-state index is 9.29. The van der Waals surface area contributed by atoms with E-state index in [2.05, 4.69) is 32.3 Å². The van der Waals surface area contributed by atoms with Crippen LogP contribution in [0.2, 0.25) is 5.02 Å². The number of fused-ring (bicyclic) bond motifs is 1. The Balaban J connectivity index is 2.06. The standard InChI is InChI=1S/C16H9BrClN3/c17-13-8-12(5-6-14(13)18)20-16-11(9-19)7-10-3-1-2-4-15(10)21-16/h1-8H,(H,20,21). The highest BCUT2D eigenvalue weighted by Gasteiger charge is 2.08. The third-order valence-corrected chi connectivity index (χ3v) is 4.24. The summed E-state index contributed by atoms with van der Waals surface area (Å²) in [5, 5.41) is 14.0. The van der Waals surface area contributed by atoms with Crippen LogP contribution in [0, 0.1) is 11.3 Å². The second-order valence-electron chi connectivity index (χ2n) is 4.44. The first-order valence-electron chi connectivity index (χ1n) is 6.19. The lowest BCUT2D eigenvalue weighted by Crippen LogP contribution is -1.97. The summed E-state index contributed by atoms with van der Waals surface area (Å²) in [6, 6.07) is 17.2. The van der Waals surface area contributed by atoms with Crippen molar-refractivity contribution in [2.75, 3.05) is 5.32 Å². The van der Waals surface area contributed by atoms with Gasteiger partial charge in [-0.2, -0.15) is 5.26 Å². The molecule has 0 aliphatic rings. The minimum absolute atomic E-state index is 0.500. The maximum Gasteiger partial charge on any atom is 0.149 e. The third kappa shape index (κ3) is 2.85. The molecule has 0 saturated heterocycles. The van der Waals surface area contributed by atoms with Crippen LogP contribution in [0.5, 0.6) is 0 Å². The Kier molecular flexibility index (Phi) is 3.78. The zero-order valence-corrected chi connectivity index (χ0v) is 13.1. The van der Waals surface area contributed by atoms with Crippen molar-refractivity contribution in [3.05, 3.63) is 63.6 Å². The molecule has 0 fully saturated rings. The second kappa shape index (κ2) is 5.72. The van der Waals surface area contributed by atoms with E-state index in [0.29, 0.717) is 16.4 Å². The van der Waals surface area contributed by atoms with Crippen molar-refractivity contribution >= 4 is 49.9 Å². The number of pyridine rings is 1. The Bertz CT molecular complexity index is 871. The number of hydrogen-bond acceptors (Lipinski definition) is 3. The van der Waals surface area contributed by atoms with Gasteiger partial charge in [-0.3, -0.25) is 0 Å². The Morgan fingerprint density at radius 1 is 1.14 bits per heavy atom. The molecule has 5 heteroatoms. The van der Waals surface area contributed by atoms with E-state index in [4.69, 9.17) is 11.6 Å². The fourth-order valence-electron chi connectivity index (χ4n) is 2.01. The number of benzene rings is 2. The minimum Gasteiger partial charge on any atom is -0.339 e. The number of hydrogen-bond donors (Lipinski definition) is 1. The highest BCUT2D eigenvalue weighted by atomic mass is 79.9. The van der Waals surface area contributed by atoms with Crippen molar-refractivity contribution in [3.63, 3.8) is 0 Å². The lowest BCUT2D eigenvalue weighted by Gasteiger charge is -2.09. The predicted octanol–water partition coefficient (Wildman–Crippen LogP) is 5.27. The molecule has 21 heavy (non-hydrogen) atoms. The van der Waals surface area contributed by atoms with Gasteiger partial charge in [-0.05, 0) is 46.3 Å². The number of aromatic nitrogens is 1. The summed E-state index contributed by atoms with van der Waals surface area (Å²) < 4.78 is 0.786. The van der Waals surface area contributed by atoms with E-state index in [1.807, 2.05) is 42.5 Å². The minimum atomic E-state index is 0.500. The van der Waals surface area contributed by atoms with Crippen LogP contribution in [0.25, 0.3) is 10.9 Å².